The molecule has 1 aromatic rings. The molecule has 2 rings (SSSR count). The normalized spacial score (nSPS) is 21.5. The minimum absolute atomic E-state index is 0.125. The van der Waals surface area contributed by atoms with Gasteiger partial charge in [-0.15, -0.1) is 0 Å². The number of halogens is 1. The van der Waals surface area contributed by atoms with E-state index in [1.54, 1.807) is 0 Å². The summed E-state index contributed by atoms with van der Waals surface area (Å²) in [5, 5.41) is 0.344. The zero-order valence-corrected chi connectivity index (χ0v) is 12.2. The number of nitrogens with two attached hydrogens (primary N) is 1. The molecular formula is C12H17ClN2O3S. The quantitative estimate of drug-likeness (QED) is 0.828. The van der Waals surface area contributed by atoms with Crippen molar-refractivity contribution in [2.75, 3.05) is 18.9 Å². The number of ether oxygens (including phenoxy) is 1. The van der Waals surface area contributed by atoms with E-state index in [-0.39, 0.29) is 22.5 Å². The lowest BCUT2D eigenvalue weighted by Crippen LogP contribution is -2.38. The first-order chi connectivity index (χ1) is 8.90. The fourth-order valence-electron chi connectivity index (χ4n) is 2.05. The van der Waals surface area contributed by atoms with Crippen molar-refractivity contribution in [3.05, 3.63) is 23.2 Å². The van der Waals surface area contributed by atoms with E-state index in [1.165, 1.54) is 18.2 Å². The van der Waals surface area contributed by atoms with E-state index in [1.807, 2.05) is 6.92 Å². The maximum absolute atomic E-state index is 12.2. The van der Waals surface area contributed by atoms with E-state index in [0.29, 0.717) is 18.2 Å². The van der Waals surface area contributed by atoms with Crippen LogP contribution in [0.5, 0.6) is 0 Å². The van der Waals surface area contributed by atoms with Gasteiger partial charge in [-0.05, 0) is 31.5 Å². The molecule has 1 heterocycles. The summed E-state index contributed by atoms with van der Waals surface area (Å²) in [6.07, 6.45) is 0.868. The van der Waals surface area contributed by atoms with Crippen molar-refractivity contribution in [3.63, 3.8) is 0 Å². The standard InChI is InChI=1S/C12H17ClN2O3S/c1-8(9-4-5-18-7-9)15-19(16,17)10-2-3-11(13)12(14)6-10/h2-3,6,8-9,15H,4-5,7,14H2,1H3. The molecule has 5 nitrogen and oxygen atoms in total. The third-order valence-corrected chi connectivity index (χ3v) is 5.19. The number of nitrogen functional groups attached to an aromatic ring is 1. The first-order valence-corrected chi connectivity index (χ1v) is 7.91. The Kier molecular flexibility index (Phi) is 4.35. The predicted molar refractivity (Wildman–Crippen MR) is 74.6 cm³/mol. The van der Waals surface area contributed by atoms with Crippen molar-refractivity contribution < 1.29 is 13.2 Å². The Labute approximate surface area is 118 Å². The van der Waals surface area contributed by atoms with Gasteiger partial charge >= 0.3 is 0 Å². The molecule has 0 aliphatic carbocycles. The maximum Gasteiger partial charge on any atom is 0.240 e. The summed E-state index contributed by atoms with van der Waals surface area (Å²) in [7, 11) is -3.58. The second kappa shape index (κ2) is 5.66. The molecule has 19 heavy (non-hydrogen) atoms. The Morgan fingerprint density at radius 1 is 1.53 bits per heavy atom. The average Bonchev–Trinajstić information content (AvgIpc) is 2.85. The molecular weight excluding hydrogens is 288 g/mol. The summed E-state index contributed by atoms with van der Waals surface area (Å²) in [6.45, 7) is 3.12. The van der Waals surface area contributed by atoms with Gasteiger partial charge < -0.3 is 10.5 Å². The molecule has 0 amide bonds. The molecule has 106 valence electrons. The molecule has 1 saturated heterocycles. The Morgan fingerprint density at radius 3 is 2.84 bits per heavy atom. The topological polar surface area (TPSA) is 81.4 Å². The lowest BCUT2D eigenvalue weighted by molar-refractivity contribution is 0.180. The van der Waals surface area contributed by atoms with Crippen molar-refractivity contribution >= 4 is 27.3 Å². The molecule has 0 radical (unpaired) electrons. The van der Waals surface area contributed by atoms with E-state index >= 15 is 0 Å². The number of hydrogen-bond acceptors (Lipinski definition) is 4. The second-order valence-electron chi connectivity index (χ2n) is 4.72. The molecule has 1 aliphatic heterocycles. The number of sulfonamides is 1. The van der Waals surface area contributed by atoms with Crippen LogP contribution in [0.2, 0.25) is 5.02 Å². The van der Waals surface area contributed by atoms with Gasteiger partial charge in [0.2, 0.25) is 10.0 Å². The number of hydrogen-bond donors (Lipinski definition) is 2. The fraction of sp³-hybridized carbons (Fsp3) is 0.500. The fourth-order valence-corrected chi connectivity index (χ4v) is 3.51. The summed E-state index contributed by atoms with van der Waals surface area (Å²) in [4.78, 5) is 0.125. The molecule has 2 atom stereocenters. The summed E-state index contributed by atoms with van der Waals surface area (Å²) in [5.74, 6) is 0.208. The Balaban J connectivity index is 2.15. The monoisotopic (exact) mass is 304 g/mol. The molecule has 2 unspecified atom stereocenters. The lowest BCUT2D eigenvalue weighted by atomic mass is 10.0. The van der Waals surface area contributed by atoms with Crippen LogP contribution in [0.25, 0.3) is 0 Å². The van der Waals surface area contributed by atoms with Gasteiger partial charge in [-0.2, -0.15) is 0 Å². The van der Waals surface area contributed by atoms with Crippen molar-refractivity contribution in [2.45, 2.75) is 24.3 Å². The van der Waals surface area contributed by atoms with Crippen molar-refractivity contribution in [1.29, 1.82) is 0 Å². The van der Waals surface area contributed by atoms with E-state index in [9.17, 15) is 8.42 Å². The molecule has 0 spiro atoms. The van der Waals surface area contributed by atoms with Gasteiger partial charge in [0.1, 0.15) is 0 Å². The van der Waals surface area contributed by atoms with Crippen LogP contribution in [0.1, 0.15) is 13.3 Å². The van der Waals surface area contributed by atoms with Crippen LogP contribution >= 0.6 is 11.6 Å². The van der Waals surface area contributed by atoms with Gasteiger partial charge in [0.25, 0.3) is 0 Å². The van der Waals surface area contributed by atoms with Gasteiger partial charge in [0, 0.05) is 18.6 Å². The number of benzene rings is 1. The largest absolute Gasteiger partial charge is 0.397 e. The van der Waals surface area contributed by atoms with E-state index in [0.717, 1.165) is 6.42 Å². The summed E-state index contributed by atoms with van der Waals surface area (Å²) in [5.41, 5.74) is 5.88. The van der Waals surface area contributed by atoms with E-state index in [2.05, 4.69) is 4.72 Å². The van der Waals surface area contributed by atoms with Crippen LogP contribution in [-0.2, 0) is 14.8 Å². The number of nitrogens with one attached hydrogen (secondary N) is 1. The molecule has 1 aromatic carbocycles. The Morgan fingerprint density at radius 2 is 2.26 bits per heavy atom. The van der Waals surface area contributed by atoms with Gasteiger partial charge in [-0.3, -0.25) is 0 Å². The molecule has 1 aliphatic rings. The summed E-state index contributed by atoms with van der Waals surface area (Å²) in [6, 6.07) is 4.11. The van der Waals surface area contributed by atoms with Gasteiger partial charge in [0.05, 0.1) is 22.2 Å². The van der Waals surface area contributed by atoms with E-state index < -0.39 is 10.0 Å². The highest BCUT2D eigenvalue weighted by atomic mass is 35.5. The average molecular weight is 305 g/mol. The third kappa shape index (κ3) is 3.39. The van der Waals surface area contributed by atoms with Gasteiger partial charge in [0.15, 0.2) is 0 Å². The highest BCUT2D eigenvalue weighted by Crippen LogP contribution is 2.23. The first kappa shape index (κ1) is 14.6. The lowest BCUT2D eigenvalue weighted by Gasteiger charge is -2.19. The molecule has 7 heteroatoms. The molecule has 0 bridgehead atoms. The third-order valence-electron chi connectivity index (χ3n) is 3.29. The van der Waals surface area contributed by atoms with Crippen molar-refractivity contribution in [3.8, 4) is 0 Å². The Hall–Kier alpha value is -0.820. The smallest absolute Gasteiger partial charge is 0.240 e. The van der Waals surface area contributed by atoms with Crippen LogP contribution < -0.4 is 10.5 Å². The highest BCUT2D eigenvalue weighted by Gasteiger charge is 2.26. The zero-order valence-electron chi connectivity index (χ0n) is 10.6. The first-order valence-electron chi connectivity index (χ1n) is 6.05. The highest BCUT2D eigenvalue weighted by molar-refractivity contribution is 7.89. The van der Waals surface area contributed by atoms with Crippen LogP contribution in [0.3, 0.4) is 0 Å². The SMILES string of the molecule is CC(NS(=O)(=O)c1ccc(Cl)c(N)c1)C1CCOC1. The van der Waals surface area contributed by atoms with Crippen LogP contribution in [-0.4, -0.2) is 27.7 Å². The molecule has 0 saturated carbocycles. The van der Waals surface area contributed by atoms with Crippen LogP contribution in [0, 0.1) is 5.92 Å². The second-order valence-corrected chi connectivity index (χ2v) is 6.84. The summed E-state index contributed by atoms with van der Waals surface area (Å²) < 4.78 is 32.3. The molecule has 0 aromatic heterocycles. The van der Waals surface area contributed by atoms with Crippen LogP contribution in [0.15, 0.2) is 23.1 Å². The zero-order chi connectivity index (χ0) is 14.0. The summed E-state index contributed by atoms with van der Waals surface area (Å²) >= 11 is 5.78. The number of rotatable bonds is 4. The Bertz CT molecular complexity index is 556. The van der Waals surface area contributed by atoms with Crippen molar-refractivity contribution in [1.82, 2.24) is 4.72 Å². The van der Waals surface area contributed by atoms with Crippen LogP contribution in [0.4, 0.5) is 5.69 Å². The number of anilines is 1. The molecule has 3 N–H and O–H groups in total. The van der Waals surface area contributed by atoms with Gasteiger partial charge in [-0.1, -0.05) is 11.6 Å². The van der Waals surface area contributed by atoms with Gasteiger partial charge in [-0.25, -0.2) is 13.1 Å². The predicted octanol–water partition coefficient (Wildman–Crippen LogP) is 1.63. The minimum Gasteiger partial charge on any atom is -0.397 e. The molecule has 1 fully saturated rings. The minimum atomic E-state index is -3.58. The maximum atomic E-state index is 12.2. The van der Waals surface area contributed by atoms with Crippen molar-refractivity contribution in [2.24, 2.45) is 5.92 Å². The van der Waals surface area contributed by atoms with E-state index in [4.69, 9.17) is 22.1 Å².